The van der Waals surface area contributed by atoms with Crippen molar-refractivity contribution >= 4 is 22.8 Å². The van der Waals surface area contributed by atoms with Crippen molar-refractivity contribution in [2.45, 2.75) is 51.5 Å². The van der Waals surface area contributed by atoms with Crippen LogP contribution < -0.4 is 11.1 Å². The maximum absolute atomic E-state index is 12.7. The average Bonchev–Trinajstić information content (AvgIpc) is 3.10. The van der Waals surface area contributed by atoms with Crippen LogP contribution in [0.4, 0.5) is 4.79 Å². The summed E-state index contributed by atoms with van der Waals surface area (Å²) in [5.74, 6) is -0.443. The van der Waals surface area contributed by atoms with Crippen molar-refractivity contribution in [2.24, 2.45) is 5.73 Å². The molecule has 0 aliphatic heterocycles. The first-order valence-corrected chi connectivity index (χ1v) is 8.38. The molecule has 4 N–H and O–H groups in total. The molecule has 0 atom stereocenters. The predicted octanol–water partition coefficient (Wildman–Crippen LogP) is 3.07. The Morgan fingerprint density at radius 2 is 1.96 bits per heavy atom. The minimum atomic E-state index is -0.801. The number of fused-ring (bicyclic) bond motifs is 1. The quantitative estimate of drug-likeness (QED) is 0.807. The fourth-order valence-electron chi connectivity index (χ4n) is 3.70. The van der Waals surface area contributed by atoms with Crippen molar-refractivity contribution in [3.63, 3.8) is 0 Å². The van der Waals surface area contributed by atoms with Gasteiger partial charge in [0.15, 0.2) is 0 Å². The number of hydrogen-bond donors (Lipinski definition) is 3. The summed E-state index contributed by atoms with van der Waals surface area (Å²) in [6, 6.07) is 4.66. The molecule has 1 aromatic heterocycles. The van der Waals surface area contributed by atoms with Crippen LogP contribution in [0.15, 0.2) is 18.2 Å². The lowest BCUT2D eigenvalue weighted by Crippen LogP contribution is -2.30. The van der Waals surface area contributed by atoms with Gasteiger partial charge < -0.3 is 16.2 Å². The van der Waals surface area contributed by atoms with Crippen molar-refractivity contribution < 1.29 is 14.7 Å². The Labute approximate surface area is 140 Å². The minimum absolute atomic E-state index is 0.0810. The van der Waals surface area contributed by atoms with Crippen LogP contribution in [0.1, 0.15) is 61.4 Å². The molecule has 1 aromatic carbocycles. The number of nitrogens with zero attached hydrogens (tertiary/aromatic N) is 1. The first-order valence-electron chi connectivity index (χ1n) is 8.38. The molecule has 0 unspecified atom stereocenters. The third kappa shape index (κ3) is 2.62. The molecule has 6 nitrogen and oxygen atoms in total. The van der Waals surface area contributed by atoms with E-state index in [0.717, 1.165) is 35.8 Å². The van der Waals surface area contributed by atoms with Gasteiger partial charge in [0.2, 0.25) is 5.88 Å². The smallest absolute Gasteiger partial charge is 0.326 e. The molecule has 1 saturated carbocycles. The molecule has 0 saturated heterocycles. The number of primary amides is 1. The highest BCUT2D eigenvalue weighted by Gasteiger charge is 2.29. The van der Waals surface area contributed by atoms with Crippen LogP contribution in [0.25, 0.3) is 10.9 Å². The van der Waals surface area contributed by atoms with Crippen LogP contribution in [0.2, 0.25) is 0 Å². The molecule has 0 bridgehead atoms. The van der Waals surface area contributed by atoms with Gasteiger partial charge in [0.25, 0.3) is 5.91 Å². The third-order valence-corrected chi connectivity index (χ3v) is 4.66. The Bertz CT molecular complexity index is 801. The van der Waals surface area contributed by atoms with Gasteiger partial charge >= 0.3 is 6.03 Å². The molecule has 1 aliphatic rings. The van der Waals surface area contributed by atoms with E-state index >= 15 is 0 Å². The second-order valence-corrected chi connectivity index (χ2v) is 6.72. The largest absolute Gasteiger partial charge is 0.494 e. The van der Waals surface area contributed by atoms with Crippen molar-refractivity contribution in [2.75, 3.05) is 0 Å². The van der Waals surface area contributed by atoms with Crippen molar-refractivity contribution in [3.8, 4) is 5.88 Å². The van der Waals surface area contributed by atoms with E-state index in [1.54, 1.807) is 6.07 Å². The van der Waals surface area contributed by atoms with Crippen molar-refractivity contribution in [1.82, 2.24) is 9.88 Å². The lowest BCUT2D eigenvalue weighted by molar-refractivity contribution is 0.0942. The summed E-state index contributed by atoms with van der Waals surface area (Å²) in [6.45, 7) is 3.69. The van der Waals surface area contributed by atoms with Gasteiger partial charge in [-0.15, -0.1) is 0 Å². The number of nitrogens with two attached hydrogens (primary N) is 1. The van der Waals surface area contributed by atoms with Gasteiger partial charge in [0.1, 0.15) is 5.56 Å². The summed E-state index contributed by atoms with van der Waals surface area (Å²) in [5.41, 5.74) is 7.06. The van der Waals surface area contributed by atoms with Crippen molar-refractivity contribution in [3.05, 3.63) is 29.3 Å². The molecular formula is C18H23N3O3. The highest BCUT2D eigenvalue weighted by molar-refractivity contribution is 6.13. The molecule has 1 aliphatic carbocycles. The molecule has 1 fully saturated rings. The topological polar surface area (TPSA) is 97.3 Å². The van der Waals surface area contributed by atoms with E-state index in [-0.39, 0.29) is 17.5 Å². The van der Waals surface area contributed by atoms with E-state index in [4.69, 9.17) is 5.73 Å². The lowest BCUT2D eigenvalue weighted by atomic mass is 9.92. The molecule has 2 amide bonds. The summed E-state index contributed by atoms with van der Waals surface area (Å²) in [4.78, 5) is 24.5. The Hall–Kier alpha value is -2.50. The van der Waals surface area contributed by atoms with E-state index in [0.29, 0.717) is 16.8 Å². The molecule has 6 heteroatoms. The summed E-state index contributed by atoms with van der Waals surface area (Å²) in [7, 11) is 0. The van der Waals surface area contributed by atoms with Crippen LogP contribution in [0, 0.1) is 0 Å². The standard InChI is InChI=1S/C18H23N3O3/c1-10(2)20-16(22)15-14-12(11-6-3-4-7-11)8-5-9-13(14)21(17(15)23)18(19)24/h5,8-11,23H,3-4,6-7H2,1-2H3,(H2,19,24)(H,20,22). The first kappa shape index (κ1) is 16.4. The van der Waals surface area contributed by atoms with Gasteiger partial charge in [-0.3, -0.25) is 4.79 Å². The summed E-state index contributed by atoms with van der Waals surface area (Å²) in [5, 5.41) is 14.0. The fraction of sp³-hybridized carbons (Fsp3) is 0.444. The van der Waals surface area contributed by atoms with E-state index in [1.807, 2.05) is 26.0 Å². The number of rotatable bonds is 3. The predicted molar refractivity (Wildman–Crippen MR) is 92.4 cm³/mol. The highest BCUT2D eigenvalue weighted by Crippen LogP contribution is 2.41. The molecule has 3 rings (SSSR count). The van der Waals surface area contributed by atoms with E-state index < -0.39 is 11.9 Å². The molecule has 0 spiro atoms. The molecule has 1 heterocycles. The summed E-state index contributed by atoms with van der Waals surface area (Å²) < 4.78 is 1.02. The van der Waals surface area contributed by atoms with Gasteiger partial charge in [0.05, 0.1) is 5.52 Å². The molecule has 0 radical (unpaired) electrons. The Morgan fingerprint density at radius 1 is 1.29 bits per heavy atom. The van der Waals surface area contributed by atoms with Gasteiger partial charge in [0, 0.05) is 11.4 Å². The summed E-state index contributed by atoms with van der Waals surface area (Å²) in [6.07, 6.45) is 4.40. The van der Waals surface area contributed by atoms with Gasteiger partial charge in [-0.1, -0.05) is 25.0 Å². The number of carbonyl (C=O) groups is 2. The zero-order valence-corrected chi connectivity index (χ0v) is 14.0. The van der Waals surface area contributed by atoms with E-state index in [2.05, 4.69) is 5.32 Å². The molecule has 2 aromatic rings. The number of aromatic nitrogens is 1. The number of aromatic hydroxyl groups is 1. The monoisotopic (exact) mass is 329 g/mol. The maximum Gasteiger partial charge on any atom is 0.326 e. The number of nitrogens with one attached hydrogen (secondary N) is 1. The zero-order chi connectivity index (χ0) is 17.4. The minimum Gasteiger partial charge on any atom is -0.494 e. The Morgan fingerprint density at radius 3 is 2.54 bits per heavy atom. The maximum atomic E-state index is 12.7. The lowest BCUT2D eigenvalue weighted by Gasteiger charge is -2.13. The fourth-order valence-corrected chi connectivity index (χ4v) is 3.70. The molecule has 128 valence electrons. The second kappa shape index (κ2) is 6.19. The van der Waals surface area contributed by atoms with Crippen LogP contribution in [0.3, 0.4) is 0 Å². The number of benzene rings is 1. The normalized spacial score (nSPS) is 15.3. The Balaban J connectivity index is 2.29. The van der Waals surface area contributed by atoms with Crippen LogP contribution >= 0.6 is 0 Å². The van der Waals surface area contributed by atoms with Crippen LogP contribution in [-0.4, -0.2) is 27.7 Å². The second-order valence-electron chi connectivity index (χ2n) is 6.72. The molecule has 24 heavy (non-hydrogen) atoms. The molecular weight excluding hydrogens is 306 g/mol. The average molecular weight is 329 g/mol. The summed E-state index contributed by atoms with van der Waals surface area (Å²) >= 11 is 0. The van der Waals surface area contributed by atoms with Gasteiger partial charge in [-0.05, 0) is 44.2 Å². The number of carbonyl (C=O) groups excluding carboxylic acids is 2. The van der Waals surface area contributed by atoms with Gasteiger partial charge in [-0.25, -0.2) is 9.36 Å². The number of amides is 2. The first-order chi connectivity index (χ1) is 11.4. The number of hydrogen-bond acceptors (Lipinski definition) is 3. The highest BCUT2D eigenvalue weighted by atomic mass is 16.3. The zero-order valence-electron chi connectivity index (χ0n) is 14.0. The van der Waals surface area contributed by atoms with Crippen LogP contribution in [-0.2, 0) is 0 Å². The van der Waals surface area contributed by atoms with Crippen molar-refractivity contribution in [1.29, 1.82) is 0 Å². The van der Waals surface area contributed by atoms with Gasteiger partial charge in [-0.2, -0.15) is 0 Å². The third-order valence-electron chi connectivity index (χ3n) is 4.66. The Kier molecular flexibility index (Phi) is 4.22. The van der Waals surface area contributed by atoms with E-state index in [1.165, 1.54) is 0 Å². The SMILES string of the molecule is CC(C)NC(=O)c1c(O)n(C(N)=O)c2cccc(C3CCCC3)c12. The van der Waals surface area contributed by atoms with Crippen LogP contribution in [0.5, 0.6) is 5.88 Å². The van der Waals surface area contributed by atoms with E-state index in [9.17, 15) is 14.7 Å².